The summed E-state index contributed by atoms with van der Waals surface area (Å²) in [4.78, 5) is 94.2. The number of thioether (sulfide) groups is 2. The molecule has 0 aliphatic carbocycles. The van der Waals surface area contributed by atoms with Crippen molar-refractivity contribution in [2.75, 3.05) is 106 Å². The minimum absolute atomic E-state index is 0.00801. The van der Waals surface area contributed by atoms with Crippen molar-refractivity contribution in [3.63, 3.8) is 0 Å². The first-order chi connectivity index (χ1) is 59.3. The van der Waals surface area contributed by atoms with Gasteiger partial charge in [0, 0.05) is 138 Å². The van der Waals surface area contributed by atoms with E-state index in [-0.39, 0.29) is 118 Å². The Balaban J connectivity index is 0.000000166. The first-order valence-electron chi connectivity index (χ1n) is 37.2. The summed E-state index contributed by atoms with van der Waals surface area (Å²) in [6.45, 7) is 7.58. The van der Waals surface area contributed by atoms with Gasteiger partial charge in [-0.15, -0.1) is 0 Å². The zero-order valence-electron chi connectivity index (χ0n) is 68.4. The quantitative estimate of drug-likeness (QED) is 0.0270. The van der Waals surface area contributed by atoms with Crippen molar-refractivity contribution in [2.45, 2.75) is 198 Å². The maximum atomic E-state index is 11.1. The molecule has 0 aromatic rings. The molecule has 16 rings (SSSR count). The van der Waals surface area contributed by atoms with Gasteiger partial charge in [-0.05, 0) is 30.5 Å². The summed E-state index contributed by atoms with van der Waals surface area (Å²) >= 11 is 35.7. The third kappa shape index (κ3) is 33.8. The largest absolute Gasteiger partial charge is 0.509 e. The maximum absolute atomic E-state index is 11.1. The smallest absolute Gasteiger partial charge is 0.450 e. The van der Waals surface area contributed by atoms with Crippen molar-refractivity contribution in [3.8, 4) is 0 Å². The highest BCUT2D eigenvalue weighted by Crippen LogP contribution is 2.50. The van der Waals surface area contributed by atoms with Crippen LogP contribution in [0.2, 0.25) is 0 Å². The molecule has 16 radical (unpaired) electrons. The highest BCUT2D eigenvalue weighted by Gasteiger charge is 2.61. The Kier molecular flexibility index (Phi) is 40.0. The van der Waals surface area contributed by atoms with Crippen LogP contribution >= 0.6 is 156 Å². The average molecular weight is 2140 g/mol. The van der Waals surface area contributed by atoms with E-state index in [2.05, 4.69) is 4.52 Å². The molecule has 0 aromatic carbocycles. The predicted octanol–water partition coefficient (Wildman–Crippen LogP) is -0.146. The van der Waals surface area contributed by atoms with E-state index in [0.717, 1.165) is 58.4 Å². The SMILES string of the molecule is [B]C1OC(C)(COP(C)(=O)O)C2OC(=S)OC12.[B]C1OC(COP(C)(=O)O)C2OC(=O)OC12.[B]C1OC(COP(C)(=O)O)C2OC(=O)SC12.[B]C1OC(COP(C)(=O)O)C2OC(=S)OC12.[B]C1OC(COP(C)(=O)O)C2OC(=S)OC12.[B]C1OC(COP(C)(=O)O)C2OC(=S)OC12.[B]C1OC(COP(C)(O)=S)C2OC(=S)OC12.[B]C1SC(COP(C)(=O)O)C2OC(=S)OC12. The topological polar surface area (TPSA) is 592 Å². The van der Waals surface area contributed by atoms with Gasteiger partial charge in [0.15, 0.2) is 85.8 Å². The van der Waals surface area contributed by atoms with Crippen LogP contribution in [0.1, 0.15) is 6.92 Å². The Morgan fingerprint density at radius 3 is 0.930 bits per heavy atom. The van der Waals surface area contributed by atoms with E-state index in [1.807, 2.05) is 0 Å². The number of carbonyl (C=O) groups is 2. The molecular formula is C57H82B8O47P8S9. The van der Waals surface area contributed by atoms with Gasteiger partial charge in [0.25, 0.3) is 0 Å². The lowest BCUT2D eigenvalue weighted by atomic mass is 9.90. The summed E-state index contributed by atoms with van der Waals surface area (Å²) in [5.41, 5.74) is -0.959. The van der Waals surface area contributed by atoms with E-state index in [9.17, 15) is 46.4 Å². The van der Waals surface area contributed by atoms with Crippen molar-refractivity contribution in [1.82, 2.24) is 0 Å². The first kappa shape index (κ1) is 112. The van der Waals surface area contributed by atoms with Crippen molar-refractivity contribution in [2.24, 2.45) is 0 Å². The third-order valence-electron chi connectivity index (χ3n) is 18.7. The van der Waals surface area contributed by atoms with E-state index in [4.69, 9.17) is 318 Å². The van der Waals surface area contributed by atoms with Crippen LogP contribution in [0.25, 0.3) is 0 Å². The van der Waals surface area contributed by atoms with E-state index in [0.29, 0.717) is 0 Å². The summed E-state index contributed by atoms with van der Waals surface area (Å²) in [6, 6.07) is -4.75. The number of ether oxygens (including phenoxy) is 22. The van der Waals surface area contributed by atoms with E-state index in [1.165, 1.54) is 18.4 Å². The van der Waals surface area contributed by atoms with Crippen molar-refractivity contribution < 1.29 is 221 Å². The van der Waals surface area contributed by atoms with Crippen LogP contribution in [-0.4, -0.2) is 442 Å². The number of thiocarbonyl (C=S) groups is 6. The summed E-state index contributed by atoms with van der Waals surface area (Å²) in [5.74, 6) is 0. The molecule has 0 amide bonds. The second kappa shape index (κ2) is 46.0. The van der Waals surface area contributed by atoms with Gasteiger partial charge in [-0.1, -0.05) is 0 Å². The van der Waals surface area contributed by atoms with Gasteiger partial charge in [-0.3, -0.25) is 32.0 Å². The van der Waals surface area contributed by atoms with E-state index >= 15 is 0 Å². The molecule has 0 bridgehead atoms. The molecule has 47 nitrogen and oxygen atoms in total. The van der Waals surface area contributed by atoms with E-state index in [1.54, 1.807) is 6.92 Å². The van der Waals surface area contributed by atoms with E-state index < -0.39 is 229 Å². The lowest BCUT2D eigenvalue weighted by Gasteiger charge is -2.28. The third-order valence-corrected chi connectivity index (χ3v) is 27.6. The standard InChI is InChI=1S/C8H12BO6PS.C7H10BO7P.4C7H10BO6PS.2C7H10BO5PS2/c1-8(3-12-16(2,10)11)5-4(6(9)15-8)13-7(17)14-5;1-16(10,11)12-2-3-4-5(6(8)13-3)15-7(9)14-4;3*1-15(9,10)11-2-3-4-5(6(8)12-3)14-7(16)13-4;1-15(10,11)12-2-3-4-5(6(8)13-3)16-7(9)14-4;1-14(9,10)11-2-3-4-5(6(8)16-3)13-7(15)12-4;1-14(9,16)10-2-3-4-5(6(8)11-3)13-7(15)12-4/h4-6H,3H2,1-2H3,(H,10,11);3-6H,2H2,1H3,(H,10,11);3*3-6H,2H2,1H3,(H,9,10);3-6H,2H2,1H3,(H,10,11);3-6H,2H2,1H3,(H,9,10);3-6H,2H2,1H3,(H,9,16). The fraction of sp³-hybridized carbons (Fsp3) is 0.860. The molecule has 0 spiro atoms. The van der Waals surface area contributed by atoms with Gasteiger partial charge in [0.1, 0.15) is 109 Å². The normalized spacial score (nSPS) is 41.4. The molecule has 16 heterocycles. The number of hydrogen-bond donors (Lipinski definition) is 8. The zero-order chi connectivity index (χ0) is 96.3. The van der Waals surface area contributed by atoms with Crippen LogP contribution in [0, 0.1) is 0 Å². The average Bonchev–Trinajstić information content (AvgIpc) is 1.60. The minimum Gasteiger partial charge on any atom is -0.450 e. The van der Waals surface area contributed by atoms with Crippen molar-refractivity contribution in [3.05, 3.63) is 0 Å². The molecule has 710 valence electrons. The molecule has 16 aliphatic heterocycles. The van der Waals surface area contributed by atoms with Gasteiger partial charge in [0.05, 0.1) is 107 Å². The molecule has 72 heteroatoms. The molecule has 16 fully saturated rings. The summed E-state index contributed by atoms with van der Waals surface area (Å²) in [7, 11) is 20.5. The first-order valence-corrected chi connectivity index (χ1v) is 58.7. The van der Waals surface area contributed by atoms with Crippen LogP contribution in [0.3, 0.4) is 0 Å². The molecule has 8 N–H and O–H groups in total. The minimum atomic E-state index is -3.59. The molecule has 0 saturated carbocycles. The highest BCUT2D eigenvalue weighted by atomic mass is 32.5. The molecule has 40 unspecified atom stereocenters. The molecule has 16 saturated heterocycles. The van der Waals surface area contributed by atoms with Crippen LogP contribution in [0.4, 0.5) is 9.59 Å². The zero-order valence-corrected chi connectivity index (χ0v) is 82.9. The molecule has 129 heavy (non-hydrogen) atoms. The second-order valence-electron chi connectivity index (χ2n) is 29.9. The fourth-order valence-corrected chi connectivity index (χ4v) is 20.6. The molecule has 0 aromatic heterocycles. The van der Waals surface area contributed by atoms with Gasteiger partial charge >= 0.3 is 96.0 Å². The summed E-state index contributed by atoms with van der Waals surface area (Å²) in [6.07, 6.45) is -11.3. The molecule has 40 atom stereocenters. The fourth-order valence-electron chi connectivity index (χ4n) is 13.3. The van der Waals surface area contributed by atoms with Gasteiger partial charge < -0.3 is 180 Å². The van der Waals surface area contributed by atoms with Crippen LogP contribution in [0.15, 0.2) is 0 Å². The maximum Gasteiger partial charge on any atom is 0.509 e. The number of rotatable bonds is 24. The van der Waals surface area contributed by atoms with Crippen LogP contribution in [0.5, 0.6) is 0 Å². The number of hydrogen-bond acceptors (Lipinski definition) is 48. The van der Waals surface area contributed by atoms with Gasteiger partial charge in [-0.25, -0.2) is 9.59 Å². The summed E-state index contributed by atoms with van der Waals surface area (Å²) in [5, 5.41) is -0.854. The summed E-state index contributed by atoms with van der Waals surface area (Å²) < 4.78 is 230. The van der Waals surface area contributed by atoms with Gasteiger partial charge in [-0.2, -0.15) is 11.8 Å². The lowest BCUT2D eigenvalue weighted by molar-refractivity contribution is -0.0759. The van der Waals surface area contributed by atoms with Crippen LogP contribution < -0.4 is 0 Å². The monoisotopic (exact) mass is 2140 g/mol. The van der Waals surface area contributed by atoms with Crippen LogP contribution in [-0.2, 0) is 184 Å². The Bertz CT molecular complexity index is 3760. The highest BCUT2D eigenvalue weighted by molar-refractivity contribution is 8.14. The molecular weight excluding hydrogens is 2060 g/mol. The Morgan fingerprint density at radius 1 is 0.326 bits per heavy atom. The Labute approximate surface area is 793 Å². The lowest BCUT2D eigenvalue weighted by Crippen LogP contribution is -2.43. The second-order valence-corrected chi connectivity index (χ2v) is 51.4. The number of fused-ring (bicyclic) bond motifs is 8. The van der Waals surface area contributed by atoms with Gasteiger partial charge in [0.2, 0.25) is 0 Å². The predicted molar refractivity (Wildman–Crippen MR) is 478 cm³/mol. The Morgan fingerprint density at radius 2 is 0.589 bits per heavy atom. The number of carbonyl (C=O) groups excluding carboxylic acids is 2. The van der Waals surface area contributed by atoms with Crippen molar-refractivity contribution in [1.29, 1.82) is 0 Å². The van der Waals surface area contributed by atoms with Crippen molar-refractivity contribution >= 4 is 274 Å². The Hall–Kier alpha value is -0.561. The molecule has 16 aliphatic rings.